The minimum absolute atomic E-state index is 0.0709. The molecule has 2 heterocycles. The van der Waals surface area contributed by atoms with Crippen molar-refractivity contribution in [2.75, 3.05) is 17.1 Å². The fourth-order valence-electron chi connectivity index (χ4n) is 1.47. The highest BCUT2D eigenvalue weighted by atomic mass is 32.2. The Labute approximate surface area is 105 Å². The number of hydrogen-bond acceptors (Lipinski definition) is 5. The van der Waals surface area contributed by atoms with E-state index < -0.39 is 10.0 Å². The summed E-state index contributed by atoms with van der Waals surface area (Å²) >= 11 is 0. The van der Waals surface area contributed by atoms with Gasteiger partial charge in [-0.1, -0.05) is 0 Å². The third kappa shape index (κ3) is 2.45. The quantitative estimate of drug-likeness (QED) is 0.882. The van der Waals surface area contributed by atoms with Crippen molar-refractivity contribution in [2.24, 2.45) is 0 Å². The van der Waals surface area contributed by atoms with Crippen LogP contribution in [0.4, 0.5) is 11.7 Å². The zero-order chi connectivity index (χ0) is 13.2. The molecule has 2 rings (SSSR count). The molecule has 0 bridgehead atoms. The first-order valence-electron chi connectivity index (χ1n) is 5.25. The Morgan fingerprint density at radius 2 is 2.06 bits per heavy atom. The van der Waals surface area contributed by atoms with Crippen LogP contribution in [0.1, 0.15) is 5.76 Å². The van der Waals surface area contributed by atoms with Crippen LogP contribution in [0, 0.1) is 6.92 Å². The number of hydrogen-bond donors (Lipinski definition) is 2. The van der Waals surface area contributed by atoms with E-state index in [9.17, 15) is 8.42 Å². The molecule has 0 aromatic carbocycles. The van der Waals surface area contributed by atoms with Gasteiger partial charge in [0.25, 0.3) is 10.0 Å². The summed E-state index contributed by atoms with van der Waals surface area (Å²) in [7, 11) is -2.10. The van der Waals surface area contributed by atoms with Gasteiger partial charge in [0.1, 0.15) is 16.5 Å². The summed E-state index contributed by atoms with van der Waals surface area (Å²) in [4.78, 5) is 4.02. The molecular formula is C11H13N3O3S. The second-order valence-corrected chi connectivity index (χ2v) is 5.27. The zero-order valence-electron chi connectivity index (χ0n) is 9.97. The van der Waals surface area contributed by atoms with Gasteiger partial charge in [-0.15, -0.1) is 0 Å². The van der Waals surface area contributed by atoms with Gasteiger partial charge in [-0.3, -0.25) is 0 Å². The Hall–Kier alpha value is -2.02. The summed E-state index contributed by atoms with van der Waals surface area (Å²) in [5.74, 6) is 1.10. The van der Waals surface area contributed by atoms with Gasteiger partial charge in [0.2, 0.25) is 5.88 Å². The van der Waals surface area contributed by atoms with Crippen LogP contribution in [0.15, 0.2) is 39.8 Å². The van der Waals surface area contributed by atoms with Gasteiger partial charge in [0.05, 0.1) is 0 Å². The molecule has 2 aromatic heterocycles. The molecule has 7 heteroatoms. The van der Waals surface area contributed by atoms with Crippen LogP contribution in [0.3, 0.4) is 0 Å². The van der Waals surface area contributed by atoms with Gasteiger partial charge >= 0.3 is 0 Å². The molecule has 96 valence electrons. The number of furan rings is 1. The molecule has 0 fully saturated rings. The Balaban J connectivity index is 2.36. The molecule has 18 heavy (non-hydrogen) atoms. The third-order valence-electron chi connectivity index (χ3n) is 2.27. The van der Waals surface area contributed by atoms with E-state index >= 15 is 0 Å². The monoisotopic (exact) mass is 267 g/mol. The van der Waals surface area contributed by atoms with Gasteiger partial charge in [-0.05, 0) is 25.1 Å². The number of rotatable bonds is 4. The van der Waals surface area contributed by atoms with Crippen molar-refractivity contribution >= 4 is 21.7 Å². The van der Waals surface area contributed by atoms with Crippen LogP contribution in [0.5, 0.6) is 0 Å². The maximum absolute atomic E-state index is 12.1. The average Bonchev–Trinajstić information content (AvgIpc) is 2.74. The maximum Gasteiger partial charge on any atom is 0.267 e. The lowest BCUT2D eigenvalue weighted by Gasteiger charge is -2.09. The van der Waals surface area contributed by atoms with E-state index in [2.05, 4.69) is 15.0 Å². The first-order valence-corrected chi connectivity index (χ1v) is 6.73. The normalized spacial score (nSPS) is 11.2. The van der Waals surface area contributed by atoms with Crippen LogP contribution in [0.25, 0.3) is 0 Å². The largest absolute Gasteiger partial charge is 0.445 e. The van der Waals surface area contributed by atoms with E-state index in [1.165, 1.54) is 12.3 Å². The maximum atomic E-state index is 12.1. The number of nitrogens with zero attached hydrogens (tertiary/aromatic N) is 1. The summed E-state index contributed by atoms with van der Waals surface area (Å²) in [6.45, 7) is 1.74. The van der Waals surface area contributed by atoms with Crippen LogP contribution in [-0.4, -0.2) is 20.4 Å². The fourth-order valence-corrected chi connectivity index (χ4v) is 2.62. The highest BCUT2D eigenvalue weighted by Crippen LogP contribution is 2.22. The van der Waals surface area contributed by atoms with E-state index in [0.717, 1.165) is 0 Å². The SMILES string of the molecule is CNc1ncccc1S(=O)(=O)Nc1ccc(C)o1. The van der Waals surface area contributed by atoms with E-state index in [4.69, 9.17) is 4.42 Å². The molecule has 0 saturated carbocycles. The lowest BCUT2D eigenvalue weighted by molar-refractivity contribution is 0.548. The molecule has 0 spiro atoms. The first kappa shape index (κ1) is 12.4. The van der Waals surface area contributed by atoms with Crippen molar-refractivity contribution in [3.8, 4) is 0 Å². The number of aryl methyl sites for hydroxylation is 1. The number of pyridine rings is 1. The van der Waals surface area contributed by atoms with Crippen molar-refractivity contribution < 1.29 is 12.8 Å². The van der Waals surface area contributed by atoms with E-state index in [0.29, 0.717) is 5.76 Å². The predicted octanol–water partition coefficient (Wildman–Crippen LogP) is 1.83. The van der Waals surface area contributed by atoms with Crippen molar-refractivity contribution in [1.29, 1.82) is 0 Å². The van der Waals surface area contributed by atoms with Crippen LogP contribution >= 0.6 is 0 Å². The van der Waals surface area contributed by atoms with Crippen LogP contribution in [-0.2, 0) is 10.0 Å². The van der Waals surface area contributed by atoms with E-state index in [-0.39, 0.29) is 16.6 Å². The van der Waals surface area contributed by atoms with Crippen LogP contribution in [0.2, 0.25) is 0 Å². The Bertz CT molecular complexity index is 649. The molecule has 0 aliphatic carbocycles. The molecule has 2 N–H and O–H groups in total. The minimum atomic E-state index is -3.71. The molecule has 0 unspecified atom stereocenters. The summed E-state index contributed by atoms with van der Waals surface area (Å²) in [6.07, 6.45) is 1.52. The van der Waals surface area contributed by atoms with Gasteiger partial charge in [-0.25, -0.2) is 18.1 Å². The van der Waals surface area contributed by atoms with Crippen LogP contribution < -0.4 is 10.0 Å². The molecule has 0 radical (unpaired) electrons. The summed E-state index contributed by atoms with van der Waals surface area (Å²) in [5, 5.41) is 2.73. The Kier molecular flexibility index (Phi) is 3.24. The lowest BCUT2D eigenvalue weighted by atomic mass is 10.5. The molecule has 0 atom stereocenters. The molecule has 6 nitrogen and oxygen atoms in total. The topological polar surface area (TPSA) is 84.2 Å². The fraction of sp³-hybridized carbons (Fsp3) is 0.182. The second-order valence-electron chi connectivity index (χ2n) is 3.62. The van der Waals surface area contributed by atoms with Crippen molar-refractivity contribution in [3.05, 3.63) is 36.2 Å². The standard InChI is InChI=1S/C11H13N3O3S/c1-8-5-6-10(17-8)14-18(15,16)9-4-3-7-13-11(9)12-2/h3-7,14H,1-2H3,(H,12,13). The second kappa shape index (κ2) is 4.69. The van der Waals surface area contributed by atoms with E-state index in [1.54, 1.807) is 32.2 Å². The number of sulfonamides is 1. The van der Waals surface area contributed by atoms with Crippen molar-refractivity contribution in [1.82, 2.24) is 4.98 Å². The van der Waals surface area contributed by atoms with Gasteiger partial charge in [0, 0.05) is 19.3 Å². The van der Waals surface area contributed by atoms with Gasteiger partial charge in [-0.2, -0.15) is 0 Å². The van der Waals surface area contributed by atoms with E-state index in [1.807, 2.05) is 0 Å². The van der Waals surface area contributed by atoms with Gasteiger partial charge in [0.15, 0.2) is 0 Å². The Morgan fingerprint density at radius 3 is 2.67 bits per heavy atom. The summed E-state index contributed by atoms with van der Waals surface area (Å²) in [6, 6.07) is 6.27. The van der Waals surface area contributed by atoms with Crippen molar-refractivity contribution in [3.63, 3.8) is 0 Å². The molecule has 0 aliphatic rings. The predicted molar refractivity (Wildman–Crippen MR) is 68.0 cm³/mol. The zero-order valence-corrected chi connectivity index (χ0v) is 10.8. The smallest absolute Gasteiger partial charge is 0.267 e. The average molecular weight is 267 g/mol. The number of nitrogens with one attached hydrogen (secondary N) is 2. The molecule has 0 aliphatic heterocycles. The summed E-state index contributed by atoms with van der Waals surface area (Å²) in [5.41, 5.74) is 0. The first-order chi connectivity index (χ1) is 8.53. The minimum Gasteiger partial charge on any atom is -0.445 e. The molecular weight excluding hydrogens is 254 g/mol. The van der Waals surface area contributed by atoms with Gasteiger partial charge < -0.3 is 9.73 Å². The molecule has 0 amide bonds. The number of anilines is 2. The Morgan fingerprint density at radius 1 is 1.28 bits per heavy atom. The molecule has 2 aromatic rings. The molecule has 0 saturated heterocycles. The number of aromatic nitrogens is 1. The van der Waals surface area contributed by atoms with Crippen molar-refractivity contribution in [2.45, 2.75) is 11.8 Å². The highest BCUT2D eigenvalue weighted by Gasteiger charge is 2.20. The summed E-state index contributed by atoms with van der Waals surface area (Å²) < 4.78 is 31.8. The lowest BCUT2D eigenvalue weighted by Crippen LogP contribution is -2.14. The highest BCUT2D eigenvalue weighted by molar-refractivity contribution is 7.92. The third-order valence-corrected chi connectivity index (χ3v) is 3.65.